The number of rotatable bonds is 1. The number of carbonyl (C=O) groups is 1. The fourth-order valence-corrected chi connectivity index (χ4v) is 0.583. The Morgan fingerprint density at radius 2 is 1.77 bits per heavy atom. The molecule has 3 N–H and O–H groups in total. The smallest absolute Gasteiger partial charge is 0.325 e. The number of primary amides is 1. The summed E-state index contributed by atoms with van der Waals surface area (Å²) < 4.78 is 20.3. The summed E-state index contributed by atoms with van der Waals surface area (Å²) in [5.74, 6) is 0. The van der Waals surface area contributed by atoms with Crippen molar-refractivity contribution in [3.8, 4) is 0 Å². The van der Waals surface area contributed by atoms with Crippen LogP contribution in [0.1, 0.15) is 0 Å². The Morgan fingerprint density at radius 3 is 1.85 bits per heavy atom. The van der Waals surface area contributed by atoms with Crippen molar-refractivity contribution in [1.82, 2.24) is 9.71 Å². The zero-order valence-corrected chi connectivity index (χ0v) is 7.48. The largest absolute Gasteiger partial charge is 0.351 e. The van der Waals surface area contributed by atoms with Crippen LogP contribution in [0.15, 0.2) is 30.6 Å². The van der Waals surface area contributed by atoms with Gasteiger partial charge in [0, 0.05) is 12.4 Å². The third kappa shape index (κ3) is 10.4. The normalized spacial score (nSPS) is 8.38. The van der Waals surface area contributed by atoms with Crippen molar-refractivity contribution < 1.29 is 13.2 Å². The number of nitrogens with zero attached hydrogens (tertiary/aromatic N) is 1. The van der Waals surface area contributed by atoms with E-state index in [4.69, 9.17) is 0 Å². The number of carbonyl (C=O) groups excluding carboxylic acids is 1. The van der Waals surface area contributed by atoms with Crippen molar-refractivity contribution in [3.63, 3.8) is 0 Å². The number of amides is 2. The van der Waals surface area contributed by atoms with Crippen molar-refractivity contribution in [3.05, 3.63) is 30.6 Å². The van der Waals surface area contributed by atoms with Crippen LogP contribution in [0.25, 0.3) is 0 Å². The van der Waals surface area contributed by atoms with Crippen LogP contribution in [0.3, 0.4) is 0 Å². The highest BCUT2D eigenvalue weighted by atomic mass is 32.2. The quantitative estimate of drug-likeness (QED) is 0.523. The van der Waals surface area contributed by atoms with E-state index in [1.807, 2.05) is 18.2 Å². The number of hydrogen-bond acceptors (Lipinski definition) is 4. The van der Waals surface area contributed by atoms with E-state index in [0.29, 0.717) is 0 Å². The van der Waals surface area contributed by atoms with Crippen LogP contribution < -0.4 is 10.5 Å². The summed E-state index contributed by atoms with van der Waals surface area (Å²) in [6.07, 6.45) is 3.50. The lowest BCUT2D eigenvalue weighted by Crippen LogP contribution is -2.27. The second-order valence-corrected chi connectivity index (χ2v) is 2.50. The maximum Gasteiger partial charge on any atom is 0.325 e. The molecule has 0 saturated carbocycles. The molecule has 0 aliphatic heterocycles. The fourth-order valence-electron chi connectivity index (χ4n) is 0.403. The molecule has 0 unspecified atom stereocenters. The Labute approximate surface area is 76.9 Å². The van der Waals surface area contributed by atoms with Gasteiger partial charge in [-0.2, -0.15) is 0 Å². The molecule has 0 radical (unpaired) electrons. The van der Waals surface area contributed by atoms with Gasteiger partial charge in [-0.15, -0.1) is 0 Å². The van der Waals surface area contributed by atoms with E-state index >= 15 is 0 Å². The predicted octanol–water partition coefficient (Wildman–Crippen LogP) is -0.737. The predicted molar refractivity (Wildman–Crippen MR) is 47.3 cm³/mol. The fraction of sp³-hybridized carbons (Fsp3) is 0. The van der Waals surface area contributed by atoms with Gasteiger partial charge >= 0.3 is 6.03 Å². The molecule has 1 heterocycles. The molecule has 1 aromatic heterocycles. The molecule has 0 saturated heterocycles. The molecule has 72 valence electrons. The second kappa shape index (κ2) is 7.04. The van der Waals surface area contributed by atoms with Gasteiger partial charge in [0.1, 0.15) is 0 Å². The highest BCUT2D eigenvalue weighted by Gasteiger charge is 1.85. The maximum atomic E-state index is 9.54. The minimum Gasteiger partial charge on any atom is -0.351 e. The Bertz CT molecular complexity index is 277. The third-order valence-electron chi connectivity index (χ3n) is 0.768. The van der Waals surface area contributed by atoms with E-state index in [1.165, 1.54) is 4.72 Å². The van der Waals surface area contributed by atoms with E-state index in [1.54, 1.807) is 12.4 Å². The Kier molecular flexibility index (Phi) is 6.16. The van der Waals surface area contributed by atoms with Gasteiger partial charge in [-0.3, -0.25) is 4.98 Å². The lowest BCUT2D eigenvalue weighted by molar-refractivity contribution is 0.254. The van der Waals surface area contributed by atoms with E-state index < -0.39 is 16.9 Å². The summed E-state index contributed by atoms with van der Waals surface area (Å²) in [6, 6.07) is 4.66. The van der Waals surface area contributed by atoms with Crippen LogP contribution in [0.2, 0.25) is 0 Å². The van der Waals surface area contributed by atoms with Gasteiger partial charge in [0.25, 0.3) is 0 Å². The van der Waals surface area contributed by atoms with Crippen molar-refractivity contribution >= 4 is 16.9 Å². The van der Waals surface area contributed by atoms with Crippen LogP contribution in [0.4, 0.5) is 4.79 Å². The first-order valence-electron chi connectivity index (χ1n) is 3.18. The Hall–Kier alpha value is -1.63. The molecule has 0 atom stereocenters. The second-order valence-electron chi connectivity index (χ2n) is 1.76. The molecule has 0 fully saturated rings. The summed E-state index contributed by atoms with van der Waals surface area (Å²) in [7, 11) is -2.86. The number of nitrogens with two attached hydrogens (primary N) is 1. The van der Waals surface area contributed by atoms with Gasteiger partial charge in [0.05, 0.1) is 0 Å². The van der Waals surface area contributed by atoms with Crippen molar-refractivity contribution in [2.75, 3.05) is 0 Å². The van der Waals surface area contributed by atoms with Crippen molar-refractivity contribution in [2.24, 2.45) is 5.73 Å². The Balaban J connectivity index is 0.000000223. The van der Waals surface area contributed by atoms with E-state index in [0.717, 1.165) is 0 Å². The van der Waals surface area contributed by atoms with Crippen molar-refractivity contribution in [1.29, 1.82) is 0 Å². The first-order chi connectivity index (χ1) is 6.13. The molecule has 7 heteroatoms. The standard InChI is InChI=1S/C5H5N.CH4N2O3S/c1-2-4-6-5-3-1;2-1(4)3-7(5)6/h1-5H;7H,(H3,2,3,4,5,6). The summed E-state index contributed by atoms with van der Waals surface area (Å²) in [5.41, 5.74) is 4.36. The molecular formula is C6H9N3O3S. The molecule has 1 rings (SSSR count). The Morgan fingerprint density at radius 1 is 1.23 bits per heavy atom. The molecule has 0 spiro atoms. The SMILES string of the molecule is NC(=O)N[SH](=O)=O.c1ccncc1. The van der Waals surface area contributed by atoms with Gasteiger partial charge < -0.3 is 5.73 Å². The van der Waals surface area contributed by atoms with Gasteiger partial charge in [-0.25, -0.2) is 17.9 Å². The summed E-state index contributed by atoms with van der Waals surface area (Å²) in [4.78, 5) is 13.3. The average molecular weight is 203 g/mol. The van der Waals surface area contributed by atoms with E-state index in [9.17, 15) is 13.2 Å². The van der Waals surface area contributed by atoms with E-state index in [2.05, 4.69) is 10.7 Å². The summed E-state index contributed by atoms with van der Waals surface area (Å²) >= 11 is 0. The van der Waals surface area contributed by atoms with Gasteiger partial charge in [-0.05, 0) is 12.1 Å². The van der Waals surface area contributed by atoms with Crippen LogP contribution >= 0.6 is 0 Å². The molecule has 0 bridgehead atoms. The maximum absolute atomic E-state index is 9.54. The first kappa shape index (κ1) is 11.4. The van der Waals surface area contributed by atoms with E-state index in [-0.39, 0.29) is 0 Å². The highest BCUT2D eigenvalue weighted by molar-refractivity contribution is 7.70. The molecule has 1 aromatic rings. The molecule has 0 aliphatic carbocycles. The van der Waals surface area contributed by atoms with Crippen LogP contribution in [-0.4, -0.2) is 19.4 Å². The third-order valence-corrected chi connectivity index (χ3v) is 1.17. The molecular weight excluding hydrogens is 194 g/mol. The molecule has 13 heavy (non-hydrogen) atoms. The summed E-state index contributed by atoms with van der Waals surface area (Å²) in [5, 5.41) is 0. The molecule has 6 nitrogen and oxygen atoms in total. The van der Waals surface area contributed by atoms with Crippen LogP contribution in [-0.2, 0) is 10.9 Å². The number of urea groups is 1. The molecule has 0 aliphatic rings. The zero-order valence-electron chi connectivity index (χ0n) is 6.58. The van der Waals surface area contributed by atoms with Crippen molar-refractivity contribution in [2.45, 2.75) is 0 Å². The highest BCUT2D eigenvalue weighted by Crippen LogP contribution is 1.73. The number of aromatic nitrogens is 1. The number of nitrogens with one attached hydrogen (secondary N) is 1. The lowest BCUT2D eigenvalue weighted by atomic mass is 10.5. The number of hydrogen-bond donors (Lipinski definition) is 3. The zero-order chi connectivity index (χ0) is 10.1. The number of thiol groups is 1. The van der Waals surface area contributed by atoms with Gasteiger partial charge in [-0.1, -0.05) is 6.07 Å². The van der Waals surface area contributed by atoms with Crippen LogP contribution in [0, 0.1) is 0 Å². The lowest BCUT2D eigenvalue weighted by Gasteiger charge is -1.82. The topological polar surface area (TPSA) is 102 Å². The van der Waals surface area contributed by atoms with Crippen LogP contribution in [0.5, 0.6) is 0 Å². The van der Waals surface area contributed by atoms with Gasteiger partial charge in [0.15, 0.2) is 0 Å². The summed E-state index contributed by atoms with van der Waals surface area (Å²) in [6.45, 7) is 0. The minimum atomic E-state index is -2.86. The van der Waals surface area contributed by atoms with Gasteiger partial charge in [0.2, 0.25) is 10.9 Å². The minimum absolute atomic E-state index is 1.06. The average Bonchev–Trinajstić information content (AvgIpc) is 2.06. The molecule has 2 amide bonds. The first-order valence-corrected chi connectivity index (χ1v) is 4.36. The number of pyridine rings is 1. The molecule has 0 aromatic carbocycles. The monoisotopic (exact) mass is 203 g/mol.